The van der Waals surface area contributed by atoms with E-state index < -0.39 is 17.1 Å². The Hall–Kier alpha value is -2.21. The molecule has 1 aromatic rings. The van der Waals surface area contributed by atoms with Crippen molar-refractivity contribution < 1.29 is 19.7 Å². The first-order chi connectivity index (χ1) is 13.7. The van der Waals surface area contributed by atoms with Crippen LogP contribution >= 0.6 is 0 Å². The fourth-order valence-corrected chi connectivity index (χ4v) is 4.58. The van der Waals surface area contributed by atoms with Crippen LogP contribution in [0.4, 0.5) is 0 Å². The van der Waals surface area contributed by atoms with Crippen LogP contribution in [-0.2, 0) is 4.74 Å². The van der Waals surface area contributed by atoms with Gasteiger partial charge in [-0.25, -0.2) is 0 Å². The number of ether oxygens (including phenoxy) is 1. The Kier molecular flexibility index (Phi) is 4.80. The van der Waals surface area contributed by atoms with Crippen LogP contribution in [-0.4, -0.2) is 40.5 Å². The number of nitrogens with two attached hydrogens (primary N) is 1. The number of hydrogen-bond donors (Lipinski definition) is 3. The number of amides is 1. The number of carbonyl (C=O) groups excluding carboxylic acids is 1. The number of carbonyl (C=O) groups is 1. The van der Waals surface area contributed by atoms with Gasteiger partial charge in [-0.15, -0.1) is 0 Å². The van der Waals surface area contributed by atoms with Gasteiger partial charge in [0.25, 0.3) is 0 Å². The third-order valence-corrected chi connectivity index (χ3v) is 6.46. The molecule has 2 aliphatic heterocycles. The van der Waals surface area contributed by atoms with E-state index in [1.165, 1.54) is 0 Å². The Morgan fingerprint density at radius 1 is 1.17 bits per heavy atom. The standard InChI is InChI=1S/C24H29NO4/c1-22(2)7-5-16(6-8-22)20-11-17(3-4-19(20)21(25)28)18-12-23(14-26)9-10-24(13-18,15-27)29-23/h3-5,9-12,26-27H,6-8,13-15H2,1-2H3,(H2,25,28). The number of benzene rings is 1. The van der Waals surface area contributed by atoms with E-state index in [2.05, 4.69) is 19.9 Å². The normalized spacial score (nSPS) is 30.1. The zero-order valence-corrected chi connectivity index (χ0v) is 17.1. The van der Waals surface area contributed by atoms with Crippen molar-refractivity contribution >= 4 is 17.1 Å². The molecule has 0 aromatic heterocycles. The second-order valence-electron chi connectivity index (χ2n) is 9.34. The highest BCUT2D eigenvalue weighted by Gasteiger charge is 2.47. The van der Waals surface area contributed by atoms with Crippen molar-refractivity contribution in [1.29, 1.82) is 0 Å². The molecule has 0 saturated carbocycles. The van der Waals surface area contributed by atoms with Gasteiger partial charge in [0.05, 0.1) is 13.2 Å². The lowest BCUT2D eigenvalue weighted by Gasteiger charge is -2.37. The fraction of sp³-hybridized carbons (Fsp3) is 0.458. The van der Waals surface area contributed by atoms with Crippen LogP contribution in [0.25, 0.3) is 11.1 Å². The average molecular weight is 395 g/mol. The maximum absolute atomic E-state index is 12.1. The maximum atomic E-state index is 12.1. The Bertz CT molecular complexity index is 942. The van der Waals surface area contributed by atoms with Crippen molar-refractivity contribution in [2.75, 3.05) is 13.2 Å². The van der Waals surface area contributed by atoms with Gasteiger partial charge in [-0.05, 0) is 71.2 Å². The molecule has 1 amide bonds. The molecule has 5 heteroatoms. The highest BCUT2D eigenvalue weighted by molar-refractivity contribution is 5.99. The zero-order valence-electron chi connectivity index (χ0n) is 17.1. The molecule has 1 aromatic carbocycles. The predicted molar refractivity (Wildman–Crippen MR) is 113 cm³/mol. The topological polar surface area (TPSA) is 92.8 Å². The van der Waals surface area contributed by atoms with Crippen molar-refractivity contribution in [1.82, 2.24) is 0 Å². The van der Waals surface area contributed by atoms with E-state index in [-0.39, 0.29) is 18.6 Å². The molecule has 2 unspecified atom stereocenters. The van der Waals surface area contributed by atoms with E-state index in [1.54, 1.807) is 6.07 Å². The highest BCUT2D eigenvalue weighted by atomic mass is 16.5. The number of aliphatic hydroxyl groups is 2. The van der Waals surface area contributed by atoms with Gasteiger partial charge in [0, 0.05) is 12.0 Å². The van der Waals surface area contributed by atoms with E-state index >= 15 is 0 Å². The second kappa shape index (κ2) is 6.94. The van der Waals surface area contributed by atoms with Gasteiger partial charge in [-0.1, -0.05) is 32.1 Å². The first-order valence-electron chi connectivity index (χ1n) is 10.2. The predicted octanol–water partition coefficient (Wildman–Crippen LogP) is 3.21. The first-order valence-corrected chi connectivity index (χ1v) is 10.2. The van der Waals surface area contributed by atoms with Gasteiger partial charge < -0.3 is 20.7 Å². The largest absolute Gasteiger partial charge is 0.393 e. The van der Waals surface area contributed by atoms with Crippen molar-refractivity contribution in [3.05, 3.63) is 59.2 Å². The monoisotopic (exact) mass is 395 g/mol. The number of primary amides is 1. The van der Waals surface area contributed by atoms with Crippen molar-refractivity contribution in [3.63, 3.8) is 0 Å². The summed E-state index contributed by atoms with van der Waals surface area (Å²) >= 11 is 0. The molecule has 0 radical (unpaired) electrons. The van der Waals surface area contributed by atoms with Gasteiger partial charge in [0.15, 0.2) is 0 Å². The summed E-state index contributed by atoms with van der Waals surface area (Å²) < 4.78 is 5.98. The molecule has 2 heterocycles. The van der Waals surface area contributed by atoms with Crippen LogP contribution in [0.2, 0.25) is 0 Å². The van der Waals surface area contributed by atoms with Gasteiger partial charge in [0.1, 0.15) is 11.2 Å². The molecule has 2 bridgehead atoms. The quantitative estimate of drug-likeness (QED) is 0.668. The van der Waals surface area contributed by atoms with Crippen LogP contribution < -0.4 is 5.73 Å². The third-order valence-electron chi connectivity index (χ3n) is 6.46. The van der Waals surface area contributed by atoms with E-state index in [1.807, 2.05) is 30.4 Å². The SMILES string of the molecule is CC1(C)CC=C(c2cc(C3=CC4(CO)C=CC(CO)(C3)O4)ccc2C(N)=O)CC1. The Balaban J connectivity index is 1.77. The van der Waals surface area contributed by atoms with Crippen LogP contribution in [0.15, 0.2) is 42.5 Å². The summed E-state index contributed by atoms with van der Waals surface area (Å²) in [4.78, 5) is 12.1. The summed E-state index contributed by atoms with van der Waals surface area (Å²) in [5.41, 5.74) is 8.72. The third kappa shape index (κ3) is 3.59. The molecular formula is C24H29NO4. The van der Waals surface area contributed by atoms with Gasteiger partial charge in [0.2, 0.25) is 5.91 Å². The van der Waals surface area contributed by atoms with Gasteiger partial charge >= 0.3 is 0 Å². The van der Waals surface area contributed by atoms with E-state index in [4.69, 9.17) is 10.5 Å². The molecule has 154 valence electrons. The zero-order chi connectivity index (χ0) is 20.9. The minimum atomic E-state index is -0.910. The van der Waals surface area contributed by atoms with Crippen molar-refractivity contribution in [2.24, 2.45) is 11.1 Å². The van der Waals surface area contributed by atoms with E-state index in [0.29, 0.717) is 12.0 Å². The molecule has 0 saturated heterocycles. The number of fused-ring (bicyclic) bond motifs is 2. The summed E-state index contributed by atoms with van der Waals surface area (Å²) in [5.74, 6) is -0.432. The smallest absolute Gasteiger partial charge is 0.249 e. The lowest BCUT2D eigenvalue weighted by Crippen LogP contribution is -2.44. The minimum absolute atomic E-state index is 0.158. The first kappa shape index (κ1) is 20.1. The van der Waals surface area contributed by atoms with Crippen molar-refractivity contribution in [2.45, 2.75) is 50.7 Å². The Labute approximate surface area is 171 Å². The lowest BCUT2D eigenvalue weighted by molar-refractivity contribution is -0.109. The summed E-state index contributed by atoms with van der Waals surface area (Å²) in [5, 5.41) is 19.8. The molecule has 29 heavy (non-hydrogen) atoms. The summed E-state index contributed by atoms with van der Waals surface area (Å²) in [7, 11) is 0. The molecule has 0 spiro atoms. The summed E-state index contributed by atoms with van der Waals surface area (Å²) in [6.45, 7) is 4.16. The summed E-state index contributed by atoms with van der Waals surface area (Å²) in [6, 6.07) is 5.71. The fourth-order valence-electron chi connectivity index (χ4n) is 4.58. The lowest BCUT2D eigenvalue weighted by atomic mass is 9.76. The number of allylic oxidation sites excluding steroid dienone is 2. The van der Waals surface area contributed by atoms with Crippen LogP contribution in [0.1, 0.15) is 61.0 Å². The average Bonchev–Trinajstić information content (AvgIpc) is 2.99. The van der Waals surface area contributed by atoms with Crippen LogP contribution in [0.5, 0.6) is 0 Å². The highest BCUT2D eigenvalue weighted by Crippen LogP contribution is 2.46. The number of aliphatic hydroxyl groups excluding tert-OH is 2. The van der Waals surface area contributed by atoms with E-state index in [9.17, 15) is 15.0 Å². The second-order valence-corrected chi connectivity index (χ2v) is 9.34. The minimum Gasteiger partial charge on any atom is -0.393 e. The van der Waals surface area contributed by atoms with Crippen LogP contribution in [0.3, 0.4) is 0 Å². The molecule has 4 rings (SSSR count). The molecule has 5 nitrogen and oxygen atoms in total. The van der Waals surface area contributed by atoms with E-state index in [0.717, 1.165) is 41.5 Å². The van der Waals surface area contributed by atoms with Gasteiger partial charge in [-0.3, -0.25) is 4.79 Å². The van der Waals surface area contributed by atoms with Crippen molar-refractivity contribution in [3.8, 4) is 0 Å². The number of rotatable bonds is 5. The molecule has 2 atom stereocenters. The number of hydrogen-bond acceptors (Lipinski definition) is 4. The maximum Gasteiger partial charge on any atom is 0.249 e. The van der Waals surface area contributed by atoms with Gasteiger partial charge in [-0.2, -0.15) is 0 Å². The Morgan fingerprint density at radius 3 is 2.59 bits per heavy atom. The van der Waals surface area contributed by atoms with Crippen LogP contribution in [0, 0.1) is 5.41 Å². The molecule has 4 N–H and O–H groups in total. The molecular weight excluding hydrogens is 366 g/mol. The molecule has 0 fully saturated rings. The summed E-state index contributed by atoms with van der Waals surface area (Å²) in [6.07, 6.45) is 11.2. The Morgan fingerprint density at radius 2 is 1.97 bits per heavy atom. The molecule has 1 aliphatic carbocycles. The molecule has 3 aliphatic rings.